The first-order valence-electron chi connectivity index (χ1n) is 4.77. The zero-order chi connectivity index (χ0) is 11.5. The highest BCUT2D eigenvalue weighted by atomic mass is 32.1. The van der Waals surface area contributed by atoms with E-state index in [2.05, 4.69) is 5.32 Å². The van der Waals surface area contributed by atoms with Crippen molar-refractivity contribution >= 4 is 22.9 Å². The molecule has 0 aliphatic rings. The Labute approximate surface area is 96.7 Å². The summed E-state index contributed by atoms with van der Waals surface area (Å²) in [6.07, 6.45) is 0. The van der Waals surface area contributed by atoms with E-state index in [4.69, 9.17) is 0 Å². The van der Waals surface area contributed by atoms with E-state index in [1.807, 2.05) is 5.38 Å². The lowest BCUT2D eigenvalue weighted by Crippen LogP contribution is -2.13. The summed E-state index contributed by atoms with van der Waals surface area (Å²) < 4.78 is 13.6. The fourth-order valence-corrected chi connectivity index (χ4v) is 1.94. The molecule has 1 aromatic carbocycles. The molecule has 1 amide bonds. The molecule has 0 atom stereocenters. The average Bonchev–Trinajstić information content (AvgIpc) is 2.74. The van der Waals surface area contributed by atoms with Crippen LogP contribution < -0.4 is 5.32 Å². The molecule has 1 heterocycles. The zero-order valence-corrected chi connectivity index (χ0v) is 9.48. The third kappa shape index (κ3) is 2.12. The second kappa shape index (κ2) is 4.45. The molecule has 0 aliphatic heterocycles. The van der Waals surface area contributed by atoms with Crippen molar-refractivity contribution in [2.24, 2.45) is 0 Å². The summed E-state index contributed by atoms with van der Waals surface area (Å²) in [5, 5.41) is 6.28. The number of carbonyl (C=O) groups excluding carboxylic acids is 1. The number of benzene rings is 1. The van der Waals surface area contributed by atoms with Crippen LogP contribution in [0.15, 0.2) is 35.0 Å². The lowest BCUT2D eigenvalue weighted by Gasteiger charge is -2.05. The standard InChI is InChI=1S/C12H10FNOS/c1-8-3-2-4-10(11(8)13)12(15)14-9-5-6-16-7-9/h2-7H,1H3,(H,14,15). The fraction of sp³-hybridized carbons (Fsp3) is 0.0833. The van der Waals surface area contributed by atoms with E-state index in [0.29, 0.717) is 11.3 Å². The molecule has 4 heteroatoms. The van der Waals surface area contributed by atoms with E-state index in [-0.39, 0.29) is 5.56 Å². The number of carbonyl (C=O) groups is 1. The molecule has 0 aliphatic carbocycles. The number of amides is 1. The number of hydrogen-bond acceptors (Lipinski definition) is 2. The number of thiophene rings is 1. The van der Waals surface area contributed by atoms with Gasteiger partial charge in [0.1, 0.15) is 5.82 Å². The summed E-state index contributed by atoms with van der Waals surface area (Å²) >= 11 is 1.48. The molecule has 82 valence electrons. The van der Waals surface area contributed by atoms with Crippen molar-refractivity contribution in [3.05, 3.63) is 52.0 Å². The van der Waals surface area contributed by atoms with Crippen LogP contribution in [0.3, 0.4) is 0 Å². The van der Waals surface area contributed by atoms with E-state index >= 15 is 0 Å². The molecule has 0 bridgehead atoms. The Morgan fingerprint density at radius 2 is 2.19 bits per heavy atom. The Kier molecular flexibility index (Phi) is 3.01. The van der Waals surface area contributed by atoms with Crippen LogP contribution >= 0.6 is 11.3 Å². The molecule has 2 nitrogen and oxygen atoms in total. The van der Waals surface area contributed by atoms with E-state index in [9.17, 15) is 9.18 Å². The van der Waals surface area contributed by atoms with Crippen molar-refractivity contribution in [3.8, 4) is 0 Å². The molecule has 1 N–H and O–H groups in total. The Morgan fingerprint density at radius 3 is 2.88 bits per heavy atom. The van der Waals surface area contributed by atoms with Crippen molar-refractivity contribution < 1.29 is 9.18 Å². The maximum atomic E-state index is 13.6. The minimum Gasteiger partial charge on any atom is -0.321 e. The van der Waals surface area contributed by atoms with Gasteiger partial charge in [0.25, 0.3) is 5.91 Å². The van der Waals surface area contributed by atoms with Crippen LogP contribution in [-0.4, -0.2) is 5.91 Å². The van der Waals surface area contributed by atoms with Gasteiger partial charge in [0.05, 0.1) is 11.3 Å². The second-order valence-corrected chi connectivity index (χ2v) is 4.18. The van der Waals surface area contributed by atoms with Crippen LogP contribution in [0.25, 0.3) is 0 Å². The van der Waals surface area contributed by atoms with Gasteiger partial charge < -0.3 is 5.32 Å². The summed E-state index contributed by atoms with van der Waals surface area (Å²) in [7, 11) is 0. The predicted octanol–water partition coefficient (Wildman–Crippen LogP) is 3.45. The highest BCUT2D eigenvalue weighted by Gasteiger charge is 2.13. The number of halogens is 1. The zero-order valence-electron chi connectivity index (χ0n) is 8.66. The van der Waals surface area contributed by atoms with Gasteiger partial charge in [0.2, 0.25) is 0 Å². The minimum absolute atomic E-state index is 0.0752. The highest BCUT2D eigenvalue weighted by Crippen LogP contribution is 2.16. The molecule has 0 fully saturated rings. The smallest absolute Gasteiger partial charge is 0.258 e. The van der Waals surface area contributed by atoms with E-state index < -0.39 is 11.7 Å². The Bertz CT molecular complexity index is 508. The van der Waals surface area contributed by atoms with Gasteiger partial charge in [-0.1, -0.05) is 12.1 Å². The molecule has 2 aromatic rings. The number of rotatable bonds is 2. The van der Waals surface area contributed by atoms with Gasteiger partial charge in [-0.25, -0.2) is 4.39 Å². The van der Waals surface area contributed by atoms with Gasteiger partial charge in [0.15, 0.2) is 0 Å². The summed E-state index contributed by atoms with van der Waals surface area (Å²) in [5.74, 6) is -0.880. The van der Waals surface area contributed by atoms with Crippen LogP contribution in [0.2, 0.25) is 0 Å². The molecule has 2 rings (SSSR count). The molecule has 0 saturated heterocycles. The third-order valence-electron chi connectivity index (χ3n) is 2.22. The van der Waals surface area contributed by atoms with Crippen LogP contribution in [0, 0.1) is 12.7 Å². The molecule has 0 unspecified atom stereocenters. The molecular formula is C12H10FNOS. The van der Waals surface area contributed by atoms with Gasteiger partial charge >= 0.3 is 0 Å². The van der Waals surface area contributed by atoms with Crippen LogP contribution in [-0.2, 0) is 0 Å². The van der Waals surface area contributed by atoms with Crippen molar-refractivity contribution in [3.63, 3.8) is 0 Å². The number of hydrogen-bond donors (Lipinski definition) is 1. The Hall–Kier alpha value is -1.68. The number of aryl methyl sites for hydroxylation is 1. The topological polar surface area (TPSA) is 29.1 Å². The SMILES string of the molecule is Cc1cccc(C(=O)Nc2ccsc2)c1F. The summed E-state index contributed by atoms with van der Waals surface area (Å²) in [4.78, 5) is 11.7. The molecule has 0 spiro atoms. The van der Waals surface area contributed by atoms with E-state index in [1.54, 1.807) is 30.5 Å². The second-order valence-electron chi connectivity index (χ2n) is 3.40. The first kappa shape index (κ1) is 10.8. The minimum atomic E-state index is -0.463. The lowest BCUT2D eigenvalue weighted by molar-refractivity contribution is 0.102. The van der Waals surface area contributed by atoms with Gasteiger partial charge in [-0.15, -0.1) is 0 Å². The maximum Gasteiger partial charge on any atom is 0.258 e. The first-order chi connectivity index (χ1) is 7.68. The summed E-state index contributed by atoms with van der Waals surface area (Å²) in [6, 6.07) is 6.55. The van der Waals surface area contributed by atoms with Crippen LogP contribution in [0.4, 0.5) is 10.1 Å². The summed E-state index contributed by atoms with van der Waals surface area (Å²) in [5.41, 5.74) is 1.24. The first-order valence-corrected chi connectivity index (χ1v) is 5.71. The number of anilines is 1. The Morgan fingerprint density at radius 1 is 1.38 bits per heavy atom. The monoisotopic (exact) mass is 235 g/mol. The van der Waals surface area contributed by atoms with Crippen molar-refractivity contribution in [2.45, 2.75) is 6.92 Å². The van der Waals surface area contributed by atoms with Crippen molar-refractivity contribution in [2.75, 3.05) is 5.32 Å². The normalized spacial score (nSPS) is 10.1. The molecule has 0 saturated carbocycles. The molecule has 1 aromatic heterocycles. The van der Waals surface area contributed by atoms with Gasteiger partial charge in [-0.2, -0.15) is 11.3 Å². The average molecular weight is 235 g/mol. The lowest BCUT2D eigenvalue weighted by atomic mass is 10.1. The fourth-order valence-electron chi connectivity index (χ4n) is 1.36. The molecular weight excluding hydrogens is 225 g/mol. The van der Waals surface area contributed by atoms with Gasteiger partial charge in [0, 0.05) is 5.38 Å². The largest absolute Gasteiger partial charge is 0.321 e. The molecule has 0 radical (unpaired) electrons. The number of nitrogens with one attached hydrogen (secondary N) is 1. The highest BCUT2D eigenvalue weighted by molar-refractivity contribution is 7.08. The van der Waals surface area contributed by atoms with E-state index in [0.717, 1.165) is 0 Å². The van der Waals surface area contributed by atoms with Crippen molar-refractivity contribution in [1.82, 2.24) is 0 Å². The quantitative estimate of drug-likeness (QED) is 0.848. The Balaban J connectivity index is 2.24. The predicted molar refractivity (Wildman–Crippen MR) is 63.4 cm³/mol. The van der Waals surface area contributed by atoms with Crippen LogP contribution in [0.1, 0.15) is 15.9 Å². The van der Waals surface area contributed by atoms with Crippen LogP contribution in [0.5, 0.6) is 0 Å². The summed E-state index contributed by atoms with van der Waals surface area (Å²) in [6.45, 7) is 1.64. The third-order valence-corrected chi connectivity index (χ3v) is 2.90. The van der Waals surface area contributed by atoms with Gasteiger partial charge in [-0.05, 0) is 30.0 Å². The van der Waals surface area contributed by atoms with Gasteiger partial charge in [-0.3, -0.25) is 4.79 Å². The maximum absolute atomic E-state index is 13.6. The van der Waals surface area contributed by atoms with E-state index in [1.165, 1.54) is 17.4 Å². The molecule has 16 heavy (non-hydrogen) atoms. The van der Waals surface area contributed by atoms with Crippen molar-refractivity contribution in [1.29, 1.82) is 0 Å².